The molecule has 7 nitrogen and oxygen atoms in total. The molecule has 0 bridgehead atoms. The molecule has 136 valence electrons. The quantitative estimate of drug-likeness (QED) is 0.691. The molecule has 0 aromatic heterocycles. The van der Waals surface area contributed by atoms with Crippen LogP contribution >= 0.6 is 15.9 Å². The van der Waals surface area contributed by atoms with E-state index in [4.69, 9.17) is 9.47 Å². The van der Waals surface area contributed by atoms with Crippen molar-refractivity contribution in [2.24, 2.45) is 0 Å². The first-order valence-electron chi connectivity index (χ1n) is 7.50. The van der Waals surface area contributed by atoms with E-state index < -0.39 is 24.5 Å². The molecule has 0 saturated carbocycles. The van der Waals surface area contributed by atoms with Gasteiger partial charge in [-0.2, -0.15) is 0 Å². The lowest BCUT2D eigenvalue weighted by Crippen LogP contribution is -2.23. The Morgan fingerprint density at radius 2 is 1.77 bits per heavy atom. The number of carbonyl (C=O) groups excluding carboxylic acids is 3. The molecule has 1 N–H and O–H groups in total. The molecule has 1 amide bonds. The average Bonchev–Trinajstić information content (AvgIpc) is 2.64. The zero-order valence-corrected chi connectivity index (χ0v) is 15.4. The fourth-order valence-electron chi connectivity index (χ4n) is 1.89. The molecule has 0 unspecified atom stereocenters. The molecule has 8 heteroatoms. The maximum atomic E-state index is 11.8. The Labute approximate surface area is 158 Å². The number of hydrogen-bond donors (Lipinski definition) is 1. The van der Waals surface area contributed by atoms with Crippen molar-refractivity contribution < 1.29 is 28.6 Å². The summed E-state index contributed by atoms with van der Waals surface area (Å²) >= 11 is 3.29. The third-order valence-corrected chi connectivity index (χ3v) is 3.60. The molecule has 2 aromatic carbocycles. The zero-order chi connectivity index (χ0) is 18.9. The Hall–Kier alpha value is -2.87. The monoisotopic (exact) mass is 421 g/mol. The van der Waals surface area contributed by atoms with E-state index in [0.29, 0.717) is 17.0 Å². The van der Waals surface area contributed by atoms with E-state index in [0.717, 1.165) is 4.47 Å². The van der Waals surface area contributed by atoms with Crippen molar-refractivity contribution in [2.75, 3.05) is 25.6 Å². The van der Waals surface area contributed by atoms with Crippen LogP contribution in [-0.4, -0.2) is 38.2 Å². The highest BCUT2D eigenvalue weighted by Crippen LogP contribution is 2.17. The molecule has 0 radical (unpaired) electrons. The highest BCUT2D eigenvalue weighted by Gasteiger charge is 2.10. The largest absolute Gasteiger partial charge is 0.482 e. The number of esters is 2. The summed E-state index contributed by atoms with van der Waals surface area (Å²) in [6, 6.07) is 13.1. The van der Waals surface area contributed by atoms with Gasteiger partial charge in [-0.3, -0.25) is 4.79 Å². The number of ether oxygens (including phenoxy) is 3. The topological polar surface area (TPSA) is 90.9 Å². The first-order valence-corrected chi connectivity index (χ1v) is 8.29. The molecule has 0 atom stereocenters. The molecular formula is C18H16BrNO6. The number of methoxy groups -OCH3 is 1. The van der Waals surface area contributed by atoms with E-state index in [1.54, 1.807) is 30.3 Å². The molecule has 2 rings (SSSR count). The van der Waals surface area contributed by atoms with Gasteiger partial charge in [0.1, 0.15) is 5.75 Å². The van der Waals surface area contributed by atoms with Crippen LogP contribution in [0.4, 0.5) is 5.69 Å². The first kappa shape index (κ1) is 19.5. The Bertz CT molecular complexity index is 791. The van der Waals surface area contributed by atoms with Crippen LogP contribution in [0.5, 0.6) is 5.75 Å². The smallest absolute Gasteiger partial charge is 0.344 e. The van der Waals surface area contributed by atoms with Gasteiger partial charge in [0.15, 0.2) is 13.2 Å². The predicted octanol–water partition coefficient (Wildman–Crippen LogP) is 2.80. The maximum Gasteiger partial charge on any atom is 0.344 e. The van der Waals surface area contributed by atoms with E-state index in [1.165, 1.54) is 19.2 Å². The molecule has 0 spiro atoms. The molecular weight excluding hydrogens is 406 g/mol. The number of hydrogen-bond acceptors (Lipinski definition) is 6. The van der Waals surface area contributed by atoms with Crippen molar-refractivity contribution >= 4 is 39.5 Å². The van der Waals surface area contributed by atoms with Crippen molar-refractivity contribution in [3.63, 3.8) is 0 Å². The highest BCUT2D eigenvalue weighted by atomic mass is 79.9. The van der Waals surface area contributed by atoms with Gasteiger partial charge in [0.25, 0.3) is 5.91 Å². The summed E-state index contributed by atoms with van der Waals surface area (Å²) in [6.45, 7) is -0.753. The summed E-state index contributed by atoms with van der Waals surface area (Å²) in [5, 5.41) is 2.55. The van der Waals surface area contributed by atoms with Gasteiger partial charge in [-0.15, -0.1) is 0 Å². The minimum atomic E-state index is -0.666. The normalized spacial score (nSPS) is 9.92. The van der Waals surface area contributed by atoms with Crippen molar-refractivity contribution in [3.05, 3.63) is 58.6 Å². The summed E-state index contributed by atoms with van der Waals surface area (Å²) in [7, 11) is 1.28. The maximum absolute atomic E-state index is 11.8. The number of halogens is 1. The van der Waals surface area contributed by atoms with Crippen molar-refractivity contribution in [1.29, 1.82) is 0 Å². The third-order valence-electron chi connectivity index (χ3n) is 3.11. The molecule has 0 aliphatic heterocycles. The Kier molecular flexibility index (Phi) is 7.16. The van der Waals surface area contributed by atoms with Crippen LogP contribution in [-0.2, 0) is 19.1 Å². The lowest BCUT2D eigenvalue weighted by molar-refractivity contribution is -0.149. The molecule has 0 aliphatic carbocycles. The van der Waals surface area contributed by atoms with Crippen molar-refractivity contribution in [3.8, 4) is 5.75 Å². The van der Waals surface area contributed by atoms with Gasteiger partial charge >= 0.3 is 11.9 Å². The van der Waals surface area contributed by atoms with Crippen LogP contribution in [0.3, 0.4) is 0 Å². The standard InChI is InChI=1S/C18H16BrNO6/c1-24-18(23)12-5-7-14(8-6-12)20-16(21)10-26-17(22)11-25-15-4-2-3-13(19)9-15/h2-9H,10-11H2,1H3,(H,20,21). The van der Waals surface area contributed by atoms with Crippen molar-refractivity contribution in [2.45, 2.75) is 0 Å². The second kappa shape index (κ2) is 9.57. The number of carbonyl (C=O) groups is 3. The predicted molar refractivity (Wildman–Crippen MR) is 97.0 cm³/mol. The second-order valence-corrected chi connectivity index (χ2v) is 5.94. The lowest BCUT2D eigenvalue weighted by Gasteiger charge is -2.08. The van der Waals surface area contributed by atoms with Crippen LogP contribution in [0.15, 0.2) is 53.0 Å². The summed E-state index contributed by atoms with van der Waals surface area (Å²) in [4.78, 5) is 34.7. The van der Waals surface area contributed by atoms with E-state index in [2.05, 4.69) is 26.0 Å². The van der Waals surface area contributed by atoms with Gasteiger partial charge in [0.05, 0.1) is 12.7 Å². The Morgan fingerprint density at radius 3 is 2.42 bits per heavy atom. The van der Waals surface area contributed by atoms with E-state index in [9.17, 15) is 14.4 Å². The molecule has 0 saturated heterocycles. The van der Waals surface area contributed by atoms with Crippen LogP contribution in [0.2, 0.25) is 0 Å². The van der Waals surface area contributed by atoms with Gasteiger partial charge in [-0.05, 0) is 42.5 Å². The second-order valence-electron chi connectivity index (χ2n) is 5.02. The molecule has 26 heavy (non-hydrogen) atoms. The fraction of sp³-hybridized carbons (Fsp3) is 0.167. The number of benzene rings is 2. The number of rotatable bonds is 7. The SMILES string of the molecule is COC(=O)c1ccc(NC(=O)COC(=O)COc2cccc(Br)c2)cc1. The fourth-order valence-corrected chi connectivity index (χ4v) is 2.27. The number of anilines is 1. The van der Waals surface area contributed by atoms with Gasteiger partial charge in [0, 0.05) is 10.2 Å². The van der Waals surface area contributed by atoms with Crippen LogP contribution in [0.1, 0.15) is 10.4 Å². The zero-order valence-electron chi connectivity index (χ0n) is 13.9. The van der Waals surface area contributed by atoms with E-state index in [-0.39, 0.29) is 6.61 Å². The number of nitrogens with one attached hydrogen (secondary N) is 1. The minimum Gasteiger partial charge on any atom is -0.482 e. The summed E-state index contributed by atoms with van der Waals surface area (Å²) in [5.41, 5.74) is 0.825. The Morgan fingerprint density at radius 1 is 1.04 bits per heavy atom. The first-order chi connectivity index (χ1) is 12.5. The summed E-state index contributed by atoms with van der Waals surface area (Å²) in [5.74, 6) is -1.14. The summed E-state index contributed by atoms with van der Waals surface area (Å²) in [6.07, 6.45) is 0. The molecule has 0 heterocycles. The molecule has 2 aromatic rings. The van der Waals surface area contributed by atoms with Gasteiger partial charge in [-0.25, -0.2) is 9.59 Å². The van der Waals surface area contributed by atoms with Crippen LogP contribution < -0.4 is 10.1 Å². The Balaban J connectivity index is 1.74. The van der Waals surface area contributed by atoms with Crippen LogP contribution in [0.25, 0.3) is 0 Å². The van der Waals surface area contributed by atoms with E-state index in [1.807, 2.05) is 6.07 Å². The van der Waals surface area contributed by atoms with Gasteiger partial charge < -0.3 is 19.5 Å². The summed E-state index contributed by atoms with van der Waals surface area (Å²) < 4.78 is 15.5. The van der Waals surface area contributed by atoms with Crippen LogP contribution in [0, 0.1) is 0 Å². The molecule has 0 aliphatic rings. The number of amides is 1. The van der Waals surface area contributed by atoms with E-state index >= 15 is 0 Å². The third kappa shape index (κ3) is 6.21. The van der Waals surface area contributed by atoms with Crippen molar-refractivity contribution in [1.82, 2.24) is 0 Å². The highest BCUT2D eigenvalue weighted by molar-refractivity contribution is 9.10. The minimum absolute atomic E-state index is 0.308. The van der Waals surface area contributed by atoms with Gasteiger partial charge in [0.2, 0.25) is 0 Å². The average molecular weight is 422 g/mol. The lowest BCUT2D eigenvalue weighted by atomic mass is 10.2. The molecule has 0 fully saturated rings. The van der Waals surface area contributed by atoms with Gasteiger partial charge in [-0.1, -0.05) is 22.0 Å².